The number of hydrogen-bond donors (Lipinski definition) is 1. The van der Waals surface area contributed by atoms with Crippen molar-refractivity contribution in [2.75, 3.05) is 12.5 Å². The monoisotopic (exact) mass is 290 g/mol. The molecule has 0 aromatic heterocycles. The quantitative estimate of drug-likeness (QED) is 0.549. The number of rotatable bonds is 8. The highest BCUT2D eigenvalue weighted by atomic mass is 35.5. The lowest BCUT2D eigenvalue weighted by Crippen LogP contribution is -2.30. The third kappa shape index (κ3) is 3.76. The molecule has 0 aliphatic heterocycles. The minimum atomic E-state index is -4.20. The molecule has 0 aromatic rings. The van der Waals surface area contributed by atoms with Crippen LogP contribution in [0.3, 0.4) is 0 Å². The van der Waals surface area contributed by atoms with Crippen molar-refractivity contribution in [3.8, 4) is 0 Å². The van der Waals surface area contributed by atoms with Crippen LogP contribution in [0.5, 0.6) is 0 Å². The van der Waals surface area contributed by atoms with Crippen LogP contribution in [-0.2, 0) is 18.4 Å². The molecule has 16 heavy (non-hydrogen) atoms. The summed E-state index contributed by atoms with van der Waals surface area (Å²) < 4.78 is 33.0. The average molecular weight is 291 g/mol. The zero-order valence-electron chi connectivity index (χ0n) is 9.55. The van der Waals surface area contributed by atoms with Crippen molar-refractivity contribution in [3.05, 3.63) is 0 Å². The second kappa shape index (κ2) is 7.05. The maximum atomic E-state index is 12.0. The second-order valence-electron chi connectivity index (χ2n) is 3.25. The van der Waals surface area contributed by atoms with E-state index in [4.69, 9.17) is 20.9 Å². The first-order valence-electron chi connectivity index (χ1n) is 4.94. The Hall–Kier alpha value is 0.500. The minimum Gasteiger partial charge on any atom is -0.351 e. The Morgan fingerprint density at radius 1 is 1.56 bits per heavy atom. The fourth-order valence-electron chi connectivity index (χ4n) is 0.930. The molecule has 0 bridgehead atoms. The van der Waals surface area contributed by atoms with E-state index in [9.17, 15) is 14.0 Å². The summed E-state index contributed by atoms with van der Waals surface area (Å²) in [6, 6.07) is 0. The first kappa shape index (κ1) is 16.5. The fourth-order valence-corrected chi connectivity index (χ4v) is 3.64. The Kier molecular flexibility index (Phi) is 7.27. The molecular weight excluding hydrogens is 273 g/mol. The van der Waals surface area contributed by atoms with E-state index in [2.05, 4.69) is 0 Å². The predicted octanol–water partition coefficient (Wildman–Crippen LogP) is 3.21. The van der Waals surface area contributed by atoms with E-state index in [0.29, 0.717) is 6.42 Å². The maximum Gasteiger partial charge on any atom is 0.373 e. The van der Waals surface area contributed by atoms with Crippen LogP contribution in [0.25, 0.3) is 0 Å². The number of alkyl halides is 1. The Labute approximate surface area is 102 Å². The van der Waals surface area contributed by atoms with Crippen molar-refractivity contribution in [1.82, 2.24) is 0 Å². The molecule has 0 aliphatic carbocycles. The smallest absolute Gasteiger partial charge is 0.351 e. The molecule has 0 rings (SSSR count). The molecule has 0 radical (unpaired) electrons. The van der Waals surface area contributed by atoms with E-state index in [1.165, 1.54) is 0 Å². The van der Waals surface area contributed by atoms with Gasteiger partial charge in [-0.25, -0.2) is 0 Å². The fraction of sp³-hybridized carbons (Fsp3) is 1.00. The van der Waals surface area contributed by atoms with Gasteiger partial charge in [-0.15, -0.1) is 11.6 Å². The molecule has 3 atom stereocenters. The van der Waals surface area contributed by atoms with Crippen molar-refractivity contribution < 1.29 is 23.3 Å². The van der Waals surface area contributed by atoms with Crippen LogP contribution in [0, 0.1) is 0 Å². The summed E-state index contributed by atoms with van der Waals surface area (Å²) in [5, 5.41) is -1.87. The third-order valence-corrected chi connectivity index (χ3v) is 6.17. The highest BCUT2D eigenvalue weighted by molar-refractivity contribution is 7.64. The van der Waals surface area contributed by atoms with Gasteiger partial charge in [-0.05, 0) is 20.3 Å². The second-order valence-corrected chi connectivity index (χ2v) is 6.74. The first-order chi connectivity index (χ1) is 7.39. The molecule has 0 aromatic carbocycles. The molecule has 3 unspecified atom stereocenters. The van der Waals surface area contributed by atoms with Gasteiger partial charge in [0.05, 0.1) is 12.0 Å². The van der Waals surface area contributed by atoms with Gasteiger partial charge in [0.15, 0.2) is 0 Å². The van der Waals surface area contributed by atoms with Gasteiger partial charge in [-0.1, -0.05) is 6.92 Å². The molecule has 1 N–H and O–H groups in total. The minimum absolute atomic E-state index is 0.121. The molecule has 0 amide bonds. The number of ether oxygens (including phenoxy) is 1. The third-order valence-electron chi connectivity index (χ3n) is 2.03. The summed E-state index contributed by atoms with van der Waals surface area (Å²) in [6.07, 6.45) is 0.130. The molecule has 5 nitrogen and oxygen atoms in total. The van der Waals surface area contributed by atoms with Crippen LogP contribution in [0.15, 0.2) is 0 Å². The van der Waals surface area contributed by atoms with E-state index < -0.39 is 27.2 Å². The van der Waals surface area contributed by atoms with Gasteiger partial charge in [0.25, 0.3) is 5.08 Å². The van der Waals surface area contributed by atoms with Gasteiger partial charge < -0.3 is 14.2 Å². The van der Waals surface area contributed by atoms with Crippen molar-refractivity contribution in [2.24, 2.45) is 0 Å². The molecule has 0 saturated carbocycles. The van der Waals surface area contributed by atoms with Crippen molar-refractivity contribution in [2.45, 2.75) is 38.4 Å². The van der Waals surface area contributed by atoms with E-state index in [1.807, 2.05) is 6.92 Å². The predicted molar refractivity (Wildman–Crippen MR) is 63.3 cm³/mol. The summed E-state index contributed by atoms with van der Waals surface area (Å²) in [7, 11) is -4.85. The number of halogens is 1. The Bertz CT molecular complexity index is 275. The Morgan fingerprint density at radius 2 is 2.12 bits per heavy atom. The van der Waals surface area contributed by atoms with Gasteiger partial charge >= 0.3 is 7.60 Å². The molecule has 0 fully saturated rings. The highest BCUT2D eigenvalue weighted by Gasteiger charge is 2.52. The molecule has 0 heterocycles. The van der Waals surface area contributed by atoms with E-state index >= 15 is 0 Å². The molecule has 96 valence electrons. The number of hydrogen-bond acceptors (Lipinski definition) is 4. The highest BCUT2D eigenvalue weighted by Crippen LogP contribution is 2.62. The van der Waals surface area contributed by atoms with Crippen LogP contribution in [0.4, 0.5) is 0 Å². The zero-order valence-corrected chi connectivity index (χ0v) is 12.1. The summed E-state index contributed by atoms with van der Waals surface area (Å²) in [6.45, 7) is 5.20. The summed E-state index contributed by atoms with van der Waals surface area (Å²) in [5.74, 6) is -0.379. The van der Waals surface area contributed by atoms with Crippen molar-refractivity contribution in [1.29, 1.82) is 0 Å². The molecule has 0 saturated heterocycles. The van der Waals surface area contributed by atoms with Gasteiger partial charge in [0, 0.05) is 6.61 Å². The van der Waals surface area contributed by atoms with E-state index in [0.717, 1.165) is 0 Å². The Balaban J connectivity index is 5.02. The SMILES string of the molecule is CCOC(CCl)(P=O)P(=O)(O)OC(C)CC. The van der Waals surface area contributed by atoms with Gasteiger partial charge in [-0.2, -0.15) is 0 Å². The normalized spacial score (nSPS) is 21.3. The Morgan fingerprint density at radius 3 is 2.44 bits per heavy atom. The maximum absolute atomic E-state index is 12.0. The van der Waals surface area contributed by atoms with Crippen LogP contribution in [0.2, 0.25) is 0 Å². The van der Waals surface area contributed by atoms with Crippen LogP contribution in [0.1, 0.15) is 27.2 Å². The summed E-state index contributed by atoms with van der Waals surface area (Å²) >= 11 is 5.57. The first-order valence-corrected chi connectivity index (χ1v) is 7.87. The lowest BCUT2D eigenvalue weighted by molar-refractivity contribution is 0.0636. The van der Waals surface area contributed by atoms with Gasteiger partial charge in [0.2, 0.25) is 8.46 Å². The van der Waals surface area contributed by atoms with Crippen molar-refractivity contribution in [3.63, 3.8) is 0 Å². The molecule has 0 aliphatic rings. The zero-order chi connectivity index (χ0) is 12.8. The molecule has 0 spiro atoms. The van der Waals surface area contributed by atoms with E-state index in [1.54, 1.807) is 13.8 Å². The molecular formula is C8H17ClO5P2. The van der Waals surface area contributed by atoms with Crippen LogP contribution < -0.4 is 0 Å². The standard InChI is InChI=1S/C8H17ClO5P2/c1-4-7(3)14-16(11,12)8(6-9,15-10)13-5-2/h7H,4-6H2,1-3H3,(H,11,12). The molecule has 8 heteroatoms. The topological polar surface area (TPSA) is 72.8 Å². The summed E-state index contributed by atoms with van der Waals surface area (Å²) in [4.78, 5) is 9.77. The lowest BCUT2D eigenvalue weighted by Gasteiger charge is -2.30. The lowest BCUT2D eigenvalue weighted by atomic mass is 10.3. The van der Waals surface area contributed by atoms with Gasteiger partial charge in [0.1, 0.15) is 0 Å². The van der Waals surface area contributed by atoms with Crippen LogP contribution in [-0.4, -0.2) is 28.6 Å². The van der Waals surface area contributed by atoms with Gasteiger partial charge in [-0.3, -0.25) is 9.13 Å². The van der Waals surface area contributed by atoms with E-state index in [-0.39, 0.29) is 12.5 Å². The van der Waals surface area contributed by atoms with Crippen LogP contribution >= 0.6 is 27.7 Å². The largest absolute Gasteiger partial charge is 0.373 e. The van der Waals surface area contributed by atoms with Crippen molar-refractivity contribution >= 4 is 27.7 Å². The average Bonchev–Trinajstić information content (AvgIpc) is 2.24. The summed E-state index contributed by atoms with van der Waals surface area (Å²) in [5.41, 5.74) is 0.